The highest BCUT2D eigenvalue weighted by atomic mass is 32.1. The Kier molecular flexibility index (Phi) is 3.87. The molecule has 1 fully saturated rings. The lowest BCUT2D eigenvalue weighted by atomic mass is 10.0. The van der Waals surface area contributed by atoms with E-state index in [0.717, 1.165) is 6.54 Å². The summed E-state index contributed by atoms with van der Waals surface area (Å²) in [6.07, 6.45) is 3.71. The van der Waals surface area contributed by atoms with Gasteiger partial charge in [0.05, 0.1) is 5.25 Å². The molecule has 1 aliphatic rings. The van der Waals surface area contributed by atoms with Crippen LogP contribution in [0.1, 0.15) is 40.0 Å². The average Bonchev–Trinajstić information content (AvgIpc) is 2.93. The van der Waals surface area contributed by atoms with Gasteiger partial charge in [0.1, 0.15) is 0 Å². The van der Waals surface area contributed by atoms with Gasteiger partial charge in [0.2, 0.25) is 5.91 Å². The van der Waals surface area contributed by atoms with Crippen molar-refractivity contribution in [3.63, 3.8) is 0 Å². The SMILES string of the molecule is CCC1(CNC(=O)C(S)C(C)C)CC1. The Morgan fingerprint density at radius 3 is 2.43 bits per heavy atom. The molecule has 1 rings (SSSR count). The summed E-state index contributed by atoms with van der Waals surface area (Å²) < 4.78 is 0. The number of rotatable bonds is 5. The summed E-state index contributed by atoms with van der Waals surface area (Å²) in [4.78, 5) is 11.6. The molecule has 1 N–H and O–H groups in total. The Morgan fingerprint density at radius 2 is 2.07 bits per heavy atom. The highest BCUT2D eigenvalue weighted by Gasteiger charge is 2.40. The van der Waals surface area contributed by atoms with Crippen molar-refractivity contribution >= 4 is 18.5 Å². The van der Waals surface area contributed by atoms with E-state index in [0.29, 0.717) is 11.3 Å². The second-order valence-corrected chi connectivity index (χ2v) is 5.32. The van der Waals surface area contributed by atoms with Crippen molar-refractivity contribution in [1.29, 1.82) is 0 Å². The number of carbonyl (C=O) groups excluding carboxylic acids is 1. The van der Waals surface area contributed by atoms with Crippen LogP contribution in [0, 0.1) is 11.3 Å². The molecule has 0 bridgehead atoms. The summed E-state index contributed by atoms with van der Waals surface area (Å²) in [5, 5.41) is 2.84. The summed E-state index contributed by atoms with van der Waals surface area (Å²) >= 11 is 4.29. The second kappa shape index (κ2) is 4.56. The zero-order valence-electron chi connectivity index (χ0n) is 9.34. The van der Waals surface area contributed by atoms with E-state index in [2.05, 4.69) is 24.9 Å². The van der Waals surface area contributed by atoms with Gasteiger partial charge >= 0.3 is 0 Å². The zero-order chi connectivity index (χ0) is 10.8. The third-order valence-electron chi connectivity index (χ3n) is 3.24. The first-order chi connectivity index (χ1) is 6.51. The fraction of sp³-hybridized carbons (Fsp3) is 0.909. The van der Waals surface area contributed by atoms with Gasteiger partial charge in [-0.3, -0.25) is 4.79 Å². The molecule has 1 saturated carbocycles. The topological polar surface area (TPSA) is 29.1 Å². The number of hydrogen-bond donors (Lipinski definition) is 2. The van der Waals surface area contributed by atoms with Crippen molar-refractivity contribution in [2.75, 3.05) is 6.54 Å². The predicted octanol–water partition coefficient (Wildman–Crippen LogP) is 2.25. The van der Waals surface area contributed by atoms with Crippen LogP contribution in [-0.4, -0.2) is 17.7 Å². The molecule has 0 heterocycles. The molecular formula is C11H21NOS. The highest BCUT2D eigenvalue weighted by molar-refractivity contribution is 7.81. The monoisotopic (exact) mass is 215 g/mol. The summed E-state index contributed by atoms with van der Waals surface area (Å²) in [5.41, 5.74) is 0.431. The molecule has 0 radical (unpaired) electrons. The van der Waals surface area contributed by atoms with Crippen LogP contribution in [0.5, 0.6) is 0 Å². The lowest BCUT2D eigenvalue weighted by molar-refractivity contribution is -0.121. The molecule has 3 heteroatoms. The Morgan fingerprint density at radius 1 is 1.50 bits per heavy atom. The number of carbonyl (C=O) groups is 1. The molecule has 0 saturated heterocycles. The molecule has 1 aliphatic carbocycles. The van der Waals surface area contributed by atoms with Crippen molar-refractivity contribution < 1.29 is 4.79 Å². The largest absolute Gasteiger partial charge is 0.355 e. The maximum Gasteiger partial charge on any atom is 0.233 e. The van der Waals surface area contributed by atoms with Crippen molar-refractivity contribution in [2.45, 2.75) is 45.3 Å². The average molecular weight is 215 g/mol. The summed E-state index contributed by atoms with van der Waals surface area (Å²) in [6.45, 7) is 7.07. The van der Waals surface area contributed by atoms with Crippen LogP contribution in [0.25, 0.3) is 0 Å². The van der Waals surface area contributed by atoms with Gasteiger partial charge in [0.15, 0.2) is 0 Å². The fourth-order valence-corrected chi connectivity index (χ4v) is 1.61. The van der Waals surface area contributed by atoms with E-state index in [9.17, 15) is 4.79 Å². The van der Waals surface area contributed by atoms with Crippen molar-refractivity contribution in [2.24, 2.45) is 11.3 Å². The van der Waals surface area contributed by atoms with Crippen LogP contribution < -0.4 is 5.32 Å². The summed E-state index contributed by atoms with van der Waals surface area (Å²) in [6, 6.07) is 0. The van der Waals surface area contributed by atoms with Crippen LogP contribution in [0.4, 0.5) is 0 Å². The molecule has 0 spiro atoms. The van der Waals surface area contributed by atoms with Crippen molar-refractivity contribution in [3.8, 4) is 0 Å². The van der Waals surface area contributed by atoms with E-state index >= 15 is 0 Å². The van der Waals surface area contributed by atoms with Gasteiger partial charge in [-0.2, -0.15) is 12.6 Å². The Bertz CT molecular complexity index is 211. The lowest BCUT2D eigenvalue weighted by Crippen LogP contribution is -2.37. The standard InChI is InChI=1S/C11H21NOS/c1-4-11(5-6-11)7-12-10(13)9(14)8(2)3/h8-9,14H,4-7H2,1-3H3,(H,12,13). The fourth-order valence-electron chi connectivity index (χ4n) is 1.51. The van der Waals surface area contributed by atoms with E-state index in [1.165, 1.54) is 19.3 Å². The maximum absolute atomic E-state index is 11.6. The Balaban J connectivity index is 2.28. The third kappa shape index (κ3) is 2.91. The molecule has 1 atom stereocenters. The van der Waals surface area contributed by atoms with Gasteiger partial charge in [0.25, 0.3) is 0 Å². The van der Waals surface area contributed by atoms with E-state index in [1.54, 1.807) is 0 Å². The minimum absolute atomic E-state index is 0.0862. The Hall–Kier alpha value is -0.180. The van der Waals surface area contributed by atoms with E-state index in [-0.39, 0.29) is 11.2 Å². The maximum atomic E-state index is 11.6. The van der Waals surface area contributed by atoms with Gasteiger partial charge in [-0.1, -0.05) is 20.8 Å². The first-order valence-electron chi connectivity index (χ1n) is 5.46. The second-order valence-electron chi connectivity index (χ2n) is 4.76. The molecular weight excluding hydrogens is 194 g/mol. The van der Waals surface area contributed by atoms with Crippen LogP contribution in [-0.2, 0) is 4.79 Å². The summed E-state index contributed by atoms with van der Waals surface area (Å²) in [5.74, 6) is 0.387. The first-order valence-corrected chi connectivity index (χ1v) is 5.98. The van der Waals surface area contributed by atoms with Crippen molar-refractivity contribution in [3.05, 3.63) is 0 Å². The van der Waals surface area contributed by atoms with Crippen LogP contribution in [0.3, 0.4) is 0 Å². The van der Waals surface area contributed by atoms with Crippen molar-refractivity contribution in [1.82, 2.24) is 5.32 Å². The quantitative estimate of drug-likeness (QED) is 0.677. The van der Waals surface area contributed by atoms with Gasteiger partial charge in [-0.25, -0.2) is 0 Å². The smallest absolute Gasteiger partial charge is 0.233 e. The number of hydrogen-bond acceptors (Lipinski definition) is 2. The minimum atomic E-state index is -0.164. The predicted molar refractivity (Wildman–Crippen MR) is 62.6 cm³/mol. The number of thiol groups is 1. The normalized spacial score (nSPS) is 20.6. The van der Waals surface area contributed by atoms with Crippen LogP contribution in [0.15, 0.2) is 0 Å². The van der Waals surface area contributed by atoms with Gasteiger partial charge in [-0.05, 0) is 30.6 Å². The van der Waals surface area contributed by atoms with Gasteiger partial charge < -0.3 is 5.32 Å². The highest BCUT2D eigenvalue weighted by Crippen LogP contribution is 2.47. The first kappa shape index (κ1) is 11.9. The third-order valence-corrected chi connectivity index (χ3v) is 4.08. The number of nitrogens with one attached hydrogen (secondary N) is 1. The van der Waals surface area contributed by atoms with Gasteiger partial charge in [-0.15, -0.1) is 0 Å². The zero-order valence-corrected chi connectivity index (χ0v) is 10.2. The molecule has 82 valence electrons. The lowest BCUT2D eigenvalue weighted by Gasteiger charge is -2.18. The van der Waals surface area contributed by atoms with E-state index < -0.39 is 0 Å². The van der Waals surface area contributed by atoms with E-state index in [4.69, 9.17) is 0 Å². The van der Waals surface area contributed by atoms with E-state index in [1.807, 2.05) is 13.8 Å². The Labute approximate surface area is 92.2 Å². The summed E-state index contributed by atoms with van der Waals surface area (Å²) in [7, 11) is 0. The molecule has 0 aliphatic heterocycles. The van der Waals surface area contributed by atoms with Crippen LogP contribution in [0.2, 0.25) is 0 Å². The molecule has 1 amide bonds. The molecule has 0 aromatic heterocycles. The molecule has 0 aromatic rings. The molecule has 0 aromatic carbocycles. The molecule has 1 unspecified atom stereocenters. The number of amides is 1. The van der Waals surface area contributed by atoms with Gasteiger partial charge in [0, 0.05) is 6.54 Å². The molecule has 2 nitrogen and oxygen atoms in total. The molecule has 14 heavy (non-hydrogen) atoms. The van der Waals surface area contributed by atoms with Crippen LogP contribution >= 0.6 is 12.6 Å². The minimum Gasteiger partial charge on any atom is -0.355 e.